The van der Waals surface area contributed by atoms with E-state index in [2.05, 4.69) is 0 Å². The highest BCUT2D eigenvalue weighted by molar-refractivity contribution is 5.87. The van der Waals surface area contributed by atoms with E-state index in [0.717, 1.165) is 11.1 Å². The molecule has 0 aliphatic rings. The molecule has 0 atom stereocenters. The molecule has 0 radical (unpaired) electrons. The van der Waals surface area contributed by atoms with Gasteiger partial charge in [0.05, 0.1) is 14.2 Å². The van der Waals surface area contributed by atoms with Crippen LogP contribution in [0.25, 0.3) is 22.3 Å². The molecular formula is C19H16O4. The second kappa shape index (κ2) is 5.72. The van der Waals surface area contributed by atoms with Crippen LogP contribution >= 0.6 is 0 Å². The van der Waals surface area contributed by atoms with Crippen LogP contribution < -0.4 is 20.3 Å². The van der Waals surface area contributed by atoms with Crippen LogP contribution in [0.4, 0.5) is 0 Å². The van der Waals surface area contributed by atoms with Crippen LogP contribution in [0, 0.1) is 6.92 Å². The highest BCUT2D eigenvalue weighted by Crippen LogP contribution is 2.35. The van der Waals surface area contributed by atoms with Gasteiger partial charge >= 0.3 is 0 Å². The first kappa shape index (κ1) is 15.0. The highest BCUT2D eigenvalue weighted by atomic mass is 16.5. The van der Waals surface area contributed by atoms with Crippen molar-refractivity contribution in [1.29, 1.82) is 0 Å². The molecule has 23 heavy (non-hydrogen) atoms. The molecule has 0 N–H and O–H groups in total. The van der Waals surface area contributed by atoms with Crippen molar-refractivity contribution in [3.8, 4) is 33.8 Å². The van der Waals surface area contributed by atoms with Crippen molar-refractivity contribution < 1.29 is 9.47 Å². The largest absolute Gasteiger partial charge is 0.493 e. The van der Waals surface area contributed by atoms with Crippen molar-refractivity contribution in [3.05, 3.63) is 68.5 Å². The second-order valence-corrected chi connectivity index (χ2v) is 5.34. The monoisotopic (exact) mass is 308 g/mol. The van der Waals surface area contributed by atoms with Crippen molar-refractivity contribution in [3.63, 3.8) is 0 Å². The molecule has 0 heterocycles. The molecule has 0 aromatic heterocycles. The summed E-state index contributed by atoms with van der Waals surface area (Å²) in [5.74, 6) is 1.10. The minimum Gasteiger partial charge on any atom is -0.493 e. The molecule has 0 amide bonds. The maximum atomic E-state index is 12.1. The molecule has 116 valence electrons. The lowest BCUT2D eigenvalue weighted by molar-refractivity contribution is 0.355. The van der Waals surface area contributed by atoms with Crippen molar-refractivity contribution >= 4 is 0 Å². The second-order valence-electron chi connectivity index (χ2n) is 5.34. The summed E-state index contributed by atoms with van der Waals surface area (Å²) in [6.07, 6.45) is 0. The van der Waals surface area contributed by atoms with Gasteiger partial charge in [-0.05, 0) is 30.2 Å². The average Bonchev–Trinajstić information content (AvgIpc) is 2.59. The Hall–Kier alpha value is -2.88. The van der Waals surface area contributed by atoms with E-state index in [-0.39, 0.29) is 0 Å². The minimum absolute atomic E-state index is 0.430. The first-order valence-corrected chi connectivity index (χ1v) is 7.19. The van der Waals surface area contributed by atoms with Crippen LogP contribution in [0.5, 0.6) is 11.5 Å². The van der Waals surface area contributed by atoms with Gasteiger partial charge in [0.15, 0.2) is 11.5 Å². The van der Waals surface area contributed by atoms with Crippen LogP contribution in [0.3, 0.4) is 0 Å². The van der Waals surface area contributed by atoms with Gasteiger partial charge in [-0.25, -0.2) is 0 Å². The Kier molecular flexibility index (Phi) is 3.74. The number of rotatable bonds is 4. The molecule has 3 aromatic rings. The molecule has 0 fully saturated rings. The van der Waals surface area contributed by atoms with E-state index in [9.17, 15) is 9.59 Å². The maximum Gasteiger partial charge on any atom is 0.234 e. The third-order valence-electron chi connectivity index (χ3n) is 3.92. The van der Waals surface area contributed by atoms with Crippen LogP contribution in [0.1, 0.15) is 5.56 Å². The summed E-state index contributed by atoms with van der Waals surface area (Å²) in [4.78, 5) is 24.1. The molecule has 0 bridgehead atoms. The zero-order valence-corrected chi connectivity index (χ0v) is 13.2. The molecule has 0 aliphatic heterocycles. The number of hydrogen-bond acceptors (Lipinski definition) is 4. The summed E-state index contributed by atoms with van der Waals surface area (Å²) in [6, 6.07) is 12.8. The number of aryl methyl sites for hydroxylation is 1. The summed E-state index contributed by atoms with van der Waals surface area (Å²) < 4.78 is 10.5. The third-order valence-corrected chi connectivity index (χ3v) is 3.92. The highest BCUT2D eigenvalue weighted by Gasteiger charge is 2.24. The lowest BCUT2D eigenvalue weighted by Crippen LogP contribution is -2.34. The number of ether oxygens (including phenoxy) is 2. The summed E-state index contributed by atoms with van der Waals surface area (Å²) in [5.41, 5.74) is 2.49. The quantitative estimate of drug-likeness (QED) is 0.695. The summed E-state index contributed by atoms with van der Waals surface area (Å²) in [6.45, 7) is 1.97. The molecule has 4 heteroatoms. The topological polar surface area (TPSA) is 52.6 Å². The van der Waals surface area contributed by atoms with Gasteiger partial charge in [0, 0.05) is 11.1 Å². The molecule has 0 aliphatic carbocycles. The van der Waals surface area contributed by atoms with E-state index in [4.69, 9.17) is 9.47 Å². The first-order valence-electron chi connectivity index (χ1n) is 7.19. The standard InChI is InChI=1S/C19H16O4/c1-11-4-6-12(7-5-11)16-17(19(21)18(16)20)13-8-9-14(22-2)15(10-13)23-3/h4-10H,1-3H3. The smallest absolute Gasteiger partial charge is 0.234 e. The lowest BCUT2D eigenvalue weighted by atomic mass is 9.89. The molecule has 0 saturated carbocycles. The van der Waals surface area contributed by atoms with Crippen LogP contribution in [-0.4, -0.2) is 14.2 Å². The van der Waals surface area contributed by atoms with Gasteiger partial charge < -0.3 is 9.47 Å². The van der Waals surface area contributed by atoms with Crippen molar-refractivity contribution in [1.82, 2.24) is 0 Å². The molecule has 3 rings (SSSR count). The Morgan fingerprint density at radius 2 is 1.22 bits per heavy atom. The zero-order valence-electron chi connectivity index (χ0n) is 13.2. The maximum absolute atomic E-state index is 12.1. The van der Waals surface area contributed by atoms with Gasteiger partial charge in [-0.2, -0.15) is 0 Å². The molecular weight excluding hydrogens is 292 g/mol. The number of hydrogen-bond donors (Lipinski definition) is 0. The number of methoxy groups -OCH3 is 2. The third kappa shape index (κ3) is 2.42. The van der Waals surface area contributed by atoms with Crippen molar-refractivity contribution in [2.45, 2.75) is 6.92 Å². The Labute approximate surface area is 133 Å². The predicted molar refractivity (Wildman–Crippen MR) is 90.1 cm³/mol. The predicted octanol–water partition coefficient (Wildman–Crippen LogP) is 2.94. The molecule has 0 unspecified atom stereocenters. The van der Waals surface area contributed by atoms with Gasteiger partial charge in [-0.1, -0.05) is 35.9 Å². The zero-order chi connectivity index (χ0) is 16.6. The Morgan fingerprint density at radius 1 is 0.696 bits per heavy atom. The van der Waals surface area contributed by atoms with E-state index in [1.807, 2.05) is 31.2 Å². The van der Waals surface area contributed by atoms with E-state index in [0.29, 0.717) is 28.2 Å². The SMILES string of the molecule is COc1ccc(-c2c(-c3ccc(C)cc3)c(=O)c2=O)cc1OC. The molecule has 0 spiro atoms. The Morgan fingerprint density at radius 3 is 1.78 bits per heavy atom. The van der Waals surface area contributed by atoms with Crippen LogP contribution in [0.15, 0.2) is 52.1 Å². The van der Waals surface area contributed by atoms with Crippen molar-refractivity contribution in [2.75, 3.05) is 14.2 Å². The normalized spacial score (nSPS) is 10.7. The fourth-order valence-electron chi connectivity index (χ4n) is 2.65. The summed E-state index contributed by atoms with van der Waals surface area (Å²) in [5, 5.41) is 0. The Balaban J connectivity index is 2.15. The average molecular weight is 308 g/mol. The summed E-state index contributed by atoms with van der Waals surface area (Å²) in [7, 11) is 3.08. The van der Waals surface area contributed by atoms with Crippen molar-refractivity contribution in [2.24, 2.45) is 0 Å². The van der Waals surface area contributed by atoms with E-state index in [1.54, 1.807) is 25.3 Å². The molecule has 4 nitrogen and oxygen atoms in total. The van der Waals surface area contributed by atoms with Gasteiger partial charge in [0.25, 0.3) is 0 Å². The Bertz CT molecular complexity index is 929. The van der Waals surface area contributed by atoms with Gasteiger partial charge in [-0.15, -0.1) is 0 Å². The van der Waals surface area contributed by atoms with Crippen LogP contribution in [-0.2, 0) is 0 Å². The fraction of sp³-hybridized carbons (Fsp3) is 0.158. The number of benzene rings is 2. The van der Waals surface area contributed by atoms with Gasteiger partial charge in [0.1, 0.15) is 0 Å². The lowest BCUT2D eigenvalue weighted by Gasteiger charge is -2.14. The first-order chi connectivity index (χ1) is 11.1. The van der Waals surface area contributed by atoms with E-state index < -0.39 is 10.9 Å². The van der Waals surface area contributed by atoms with Gasteiger partial charge in [-0.3, -0.25) is 9.59 Å². The van der Waals surface area contributed by atoms with E-state index in [1.165, 1.54) is 7.11 Å². The minimum atomic E-state index is -0.465. The van der Waals surface area contributed by atoms with E-state index >= 15 is 0 Å². The van der Waals surface area contributed by atoms with Gasteiger partial charge in [0.2, 0.25) is 10.9 Å². The molecule has 3 aromatic carbocycles. The fourth-order valence-corrected chi connectivity index (χ4v) is 2.65. The molecule has 0 saturated heterocycles. The van der Waals surface area contributed by atoms with Crippen LogP contribution in [0.2, 0.25) is 0 Å². The summed E-state index contributed by atoms with van der Waals surface area (Å²) >= 11 is 0.